The highest BCUT2D eigenvalue weighted by molar-refractivity contribution is 6.35. The van der Waals surface area contributed by atoms with E-state index in [-0.39, 0.29) is 17.4 Å². The van der Waals surface area contributed by atoms with E-state index in [9.17, 15) is 4.79 Å². The van der Waals surface area contributed by atoms with Crippen molar-refractivity contribution in [1.82, 2.24) is 25.2 Å². The Bertz CT molecular complexity index is 1070. The van der Waals surface area contributed by atoms with Crippen LogP contribution in [0.2, 0.25) is 5.02 Å². The number of carbonyl (C=O) groups is 1. The summed E-state index contributed by atoms with van der Waals surface area (Å²) in [5.41, 5.74) is 7.74. The maximum absolute atomic E-state index is 12.3. The van der Waals surface area contributed by atoms with Crippen molar-refractivity contribution in [2.75, 3.05) is 45.1 Å². The van der Waals surface area contributed by atoms with Gasteiger partial charge in [0, 0.05) is 62.5 Å². The van der Waals surface area contributed by atoms with Gasteiger partial charge in [-0.2, -0.15) is 0 Å². The normalized spacial score (nSPS) is 14.6. The van der Waals surface area contributed by atoms with Gasteiger partial charge in [0.05, 0.1) is 23.9 Å². The van der Waals surface area contributed by atoms with Gasteiger partial charge in [0.1, 0.15) is 0 Å². The number of carbonyl (C=O) groups excluding carboxylic acids is 1. The molecule has 9 heteroatoms. The van der Waals surface area contributed by atoms with Crippen LogP contribution in [0.4, 0.5) is 5.82 Å². The van der Waals surface area contributed by atoms with Crippen molar-refractivity contribution in [3.05, 3.63) is 58.8 Å². The number of aromatic nitrogens is 3. The summed E-state index contributed by atoms with van der Waals surface area (Å²) in [5.74, 6) is -0.231. The molecule has 2 aromatic heterocycles. The second-order valence-electron chi connectivity index (χ2n) is 7.40. The summed E-state index contributed by atoms with van der Waals surface area (Å²) in [6, 6.07) is 7.92. The van der Waals surface area contributed by atoms with E-state index in [1.165, 1.54) is 12.4 Å². The van der Waals surface area contributed by atoms with Crippen LogP contribution in [0, 0.1) is 0 Å². The number of anilines is 1. The Morgan fingerprint density at radius 3 is 2.81 bits per heavy atom. The van der Waals surface area contributed by atoms with E-state index >= 15 is 0 Å². The summed E-state index contributed by atoms with van der Waals surface area (Å²) >= 11 is 6.51. The molecule has 1 aliphatic heterocycles. The van der Waals surface area contributed by atoms with Crippen LogP contribution in [0.5, 0.6) is 0 Å². The molecule has 3 N–H and O–H groups in total. The Morgan fingerprint density at radius 1 is 1.19 bits per heavy atom. The van der Waals surface area contributed by atoms with Gasteiger partial charge >= 0.3 is 0 Å². The van der Waals surface area contributed by atoms with Crippen LogP contribution in [0.3, 0.4) is 0 Å². The van der Waals surface area contributed by atoms with E-state index in [1.54, 1.807) is 0 Å². The van der Waals surface area contributed by atoms with E-state index in [1.807, 2.05) is 24.3 Å². The number of benzene rings is 1. The van der Waals surface area contributed by atoms with Crippen molar-refractivity contribution in [3.8, 4) is 0 Å². The van der Waals surface area contributed by atoms with Gasteiger partial charge in [-0.3, -0.25) is 14.7 Å². The van der Waals surface area contributed by atoms with Crippen LogP contribution >= 0.6 is 11.6 Å². The quantitative estimate of drug-likeness (QED) is 0.579. The lowest BCUT2D eigenvalue weighted by molar-refractivity contribution is 0.0384. The summed E-state index contributed by atoms with van der Waals surface area (Å²) < 4.78 is 5.43. The lowest BCUT2D eigenvalue weighted by Gasteiger charge is -2.26. The molecule has 1 aromatic carbocycles. The van der Waals surface area contributed by atoms with Gasteiger partial charge in [0.2, 0.25) is 0 Å². The molecule has 3 heterocycles. The van der Waals surface area contributed by atoms with Crippen molar-refractivity contribution < 1.29 is 9.53 Å². The number of halogens is 1. The molecule has 3 aromatic rings. The Labute approximate surface area is 185 Å². The molecule has 1 fully saturated rings. The molecule has 0 spiro atoms. The maximum atomic E-state index is 12.3. The Hall–Kier alpha value is -2.81. The summed E-state index contributed by atoms with van der Waals surface area (Å²) in [6.07, 6.45) is 4.28. The number of morpholine rings is 1. The van der Waals surface area contributed by atoms with Crippen molar-refractivity contribution >= 4 is 34.1 Å². The van der Waals surface area contributed by atoms with Crippen molar-refractivity contribution in [2.45, 2.75) is 12.8 Å². The molecule has 162 valence electrons. The van der Waals surface area contributed by atoms with Gasteiger partial charge in [0.25, 0.3) is 5.91 Å². The third kappa shape index (κ3) is 5.28. The molecule has 0 bridgehead atoms. The zero-order valence-electron chi connectivity index (χ0n) is 17.2. The lowest BCUT2D eigenvalue weighted by atomic mass is 10.0. The highest BCUT2D eigenvalue weighted by Crippen LogP contribution is 2.27. The number of nitrogens with zero attached hydrogens (tertiary/aromatic N) is 4. The average Bonchev–Trinajstić information content (AvgIpc) is 2.78. The highest BCUT2D eigenvalue weighted by Gasteiger charge is 2.15. The smallest absolute Gasteiger partial charge is 0.273 e. The molecule has 1 amide bonds. The van der Waals surface area contributed by atoms with Crippen molar-refractivity contribution in [1.29, 1.82) is 0 Å². The second-order valence-corrected chi connectivity index (χ2v) is 7.81. The van der Waals surface area contributed by atoms with Crippen LogP contribution < -0.4 is 11.1 Å². The fourth-order valence-corrected chi connectivity index (χ4v) is 4.01. The summed E-state index contributed by atoms with van der Waals surface area (Å²) in [4.78, 5) is 27.5. The molecule has 31 heavy (non-hydrogen) atoms. The number of rotatable bonds is 7. The number of fused-ring (bicyclic) bond motifs is 1. The van der Waals surface area contributed by atoms with Crippen LogP contribution in [-0.4, -0.2) is 65.2 Å². The first-order valence-corrected chi connectivity index (χ1v) is 10.7. The number of pyridine rings is 1. The predicted molar refractivity (Wildman–Crippen MR) is 120 cm³/mol. The fourth-order valence-electron chi connectivity index (χ4n) is 3.72. The SMILES string of the molecule is Nc1nccnc1C(=O)NCCc1cc2cccc(Cl)c2c(CCN2CCOCC2)n1. The molecular weight excluding hydrogens is 416 g/mol. The van der Waals surface area contributed by atoms with Crippen LogP contribution in [0.15, 0.2) is 36.7 Å². The molecular formula is C22H25ClN6O2. The van der Waals surface area contributed by atoms with Gasteiger partial charge in [-0.15, -0.1) is 0 Å². The van der Waals surface area contributed by atoms with Gasteiger partial charge in [-0.05, 0) is 17.5 Å². The molecule has 0 radical (unpaired) electrons. The first-order valence-electron chi connectivity index (χ1n) is 10.3. The van der Waals surface area contributed by atoms with Gasteiger partial charge in [-0.25, -0.2) is 9.97 Å². The third-order valence-corrected chi connectivity index (χ3v) is 5.63. The Balaban J connectivity index is 1.47. The third-order valence-electron chi connectivity index (χ3n) is 5.31. The first kappa shape index (κ1) is 21.4. The van der Waals surface area contributed by atoms with E-state index in [0.29, 0.717) is 18.0 Å². The monoisotopic (exact) mass is 440 g/mol. The summed E-state index contributed by atoms with van der Waals surface area (Å²) in [7, 11) is 0. The standard InChI is InChI=1S/C22H25ClN6O2/c23-17-3-1-2-15-14-16(4-6-27-22(30)20-21(24)26-8-7-25-20)28-18(19(15)17)5-9-29-10-12-31-13-11-29/h1-3,7-8,14H,4-6,9-13H2,(H2,24,26)(H,27,30). The van der Waals surface area contributed by atoms with Crippen LogP contribution in [0.25, 0.3) is 10.8 Å². The van der Waals surface area contributed by atoms with Gasteiger partial charge in [0.15, 0.2) is 11.5 Å². The number of nitrogen functional groups attached to an aromatic ring is 1. The zero-order valence-corrected chi connectivity index (χ0v) is 17.9. The molecule has 0 unspecified atom stereocenters. The Kier molecular flexibility index (Phi) is 6.91. The molecule has 0 atom stereocenters. The number of nitrogens with two attached hydrogens (primary N) is 1. The van der Waals surface area contributed by atoms with Gasteiger partial charge in [-0.1, -0.05) is 23.7 Å². The first-order chi connectivity index (χ1) is 15.1. The molecule has 0 aliphatic carbocycles. The molecule has 0 saturated carbocycles. The predicted octanol–water partition coefficient (Wildman–Crippen LogP) is 2.11. The van der Waals surface area contributed by atoms with Crippen molar-refractivity contribution in [2.24, 2.45) is 0 Å². The molecule has 4 rings (SSSR count). The topological polar surface area (TPSA) is 106 Å². The molecule has 8 nitrogen and oxygen atoms in total. The van der Waals surface area contributed by atoms with Crippen molar-refractivity contribution in [3.63, 3.8) is 0 Å². The number of amides is 1. The number of hydrogen-bond acceptors (Lipinski definition) is 7. The zero-order chi connectivity index (χ0) is 21.6. The second kappa shape index (κ2) is 10.00. The minimum atomic E-state index is -0.345. The van der Waals surface area contributed by atoms with E-state index in [4.69, 9.17) is 27.1 Å². The largest absolute Gasteiger partial charge is 0.382 e. The number of ether oxygens (including phenoxy) is 1. The maximum Gasteiger partial charge on any atom is 0.273 e. The van der Waals surface area contributed by atoms with Crippen LogP contribution in [0.1, 0.15) is 21.9 Å². The minimum Gasteiger partial charge on any atom is -0.382 e. The summed E-state index contributed by atoms with van der Waals surface area (Å²) in [6.45, 7) is 4.72. The minimum absolute atomic E-state index is 0.115. The van der Waals surface area contributed by atoms with Gasteiger partial charge < -0.3 is 15.8 Å². The highest BCUT2D eigenvalue weighted by atomic mass is 35.5. The number of hydrogen-bond donors (Lipinski definition) is 2. The van der Waals surface area contributed by atoms with E-state index < -0.39 is 0 Å². The molecule has 1 saturated heterocycles. The summed E-state index contributed by atoms with van der Waals surface area (Å²) in [5, 5.41) is 5.60. The van der Waals surface area contributed by atoms with E-state index in [2.05, 4.69) is 20.2 Å². The Morgan fingerprint density at radius 2 is 2.00 bits per heavy atom. The average molecular weight is 441 g/mol. The van der Waals surface area contributed by atoms with Crippen LogP contribution in [-0.2, 0) is 17.6 Å². The lowest BCUT2D eigenvalue weighted by Crippen LogP contribution is -2.37. The van der Waals surface area contributed by atoms with E-state index in [0.717, 1.165) is 61.4 Å². The fraction of sp³-hybridized carbons (Fsp3) is 0.364. The number of nitrogens with one attached hydrogen (secondary N) is 1. The molecule has 1 aliphatic rings.